The smallest absolute Gasteiger partial charge is 0.267 e. The van der Waals surface area contributed by atoms with Crippen LogP contribution in [0.4, 0.5) is 0 Å². The van der Waals surface area contributed by atoms with E-state index < -0.39 is 6.04 Å². The van der Waals surface area contributed by atoms with Gasteiger partial charge in [-0.15, -0.1) is 0 Å². The van der Waals surface area contributed by atoms with E-state index >= 15 is 0 Å². The Kier molecular flexibility index (Phi) is 5.67. The van der Waals surface area contributed by atoms with Crippen molar-refractivity contribution in [1.82, 2.24) is 19.6 Å². The molecule has 3 aromatic rings. The van der Waals surface area contributed by atoms with Crippen LogP contribution in [0.25, 0.3) is 22.4 Å². The number of benzene rings is 1. The second-order valence-electron chi connectivity index (χ2n) is 7.34. The summed E-state index contributed by atoms with van der Waals surface area (Å²) in [4.78, 5) is 32.7. The van der Waals surface area contributed by atoms with E-state index in [-0.39, 0.29) is 22.6 Å². The lowest BCUT2D eigenvalue weighted by Gasteiger charge is -2.26. The molecule has 1 atom stereocenters. The van der Waals surface area contributed by atoms with Crippen molar-refractivity contribution < 1.29 is 9.32 Å². The van der Waals surface area contributed by atoms with E-state index in [0.717, 1.165) is 38.8 Å². The summed E-state index contributed by atoms with van der Waals surface area (Å²) < 4.78 is 6.70. The second-order valence-corrected chi connectivity index (χ2v) is 7.78. The van der Waals surface area contributed by atoms with Crippen molar-refractivity contribution in [2.75, 3.05) is 13.1 Å². The van der Waals surface area contributed by atoms with Gasteiger partial charge in [-0.1, -0.05) is 48.7 Å². The average molecular weight is 415 g/mol. The maximum atomic E-state index is 13.3. The van der Waals surface area contributed by atoms with Crippen LogP contribution >= 0.6 is 11.6 Å². The average Bonchev–Trinajstić information content (AvgIpc) is 2.98. The molecule has 1 amide bonds. The molecular formula is C21H23ClN4O3. The SMILES string of the molecule is CC[C@@H](C(=O)N1CCCCCC1)n1cnc2onc(-c3ccc(Cl)cc3)c2c1=O. The minimum absolute atomic E-state index is 0.0258. The van der Waals surface area contributed by atoms with Gasteiger partial charge in [0.2, 0.25) is 5.91 Å². The van der Waals surface area contributed by atoms with E-state index in [0.29, 0.717) is 22.7 Å². The zero-order valence-corrected chi connectivity index (χ0v) is 17.1. The molecule has 1 fully saturated rings. The summed E-state index contributed by atoms with van der Waals surface area (Å²) in [6.07, 6.45) is 6.18. The van der Waals surface area contributed by atoms with Crippen molar-refractivity contribution in [1.29, 1.82) is 0 Å². The van der Waals surface area contributed by atoms with Gasteiger partial charge in [0.15, 0.2) is 0 Å². The van der Waals surface area contributed by atoms with Gasteiger partial charge in [0.05, 0.1) is 0 Å². The van der Waals surface area contributed by atoms with Crippen LogP contribution in [-0.4, -0.2) is 38.6 Å². The maximum Gasteiger partial charge on any atom is 0.267 e. The fourth-order valence-corrected chi connectivity index (χ4v) is 4.00. The molecule has 0 unspecified atom stereocenters. The van der Waals surface area contributed by atoms with Crippen molar-refractivity contribution in [3.05, 3.63) is 46.0 Å². The van der Waals surface area contributed by atoms with Crippen molar-refractivity contribution in [2.24, 2.45) is 0 Å². The highest BCUT2D eigenvalue weighted by molar-refractivity contribution is 6.30. The first-order valence-corrected chi connectivity index (χ1v) is 10.4. The molecule has 0 N–H and O–H groups in total. The molecule has 1 aliphatic heterocycles. The van der Waals surface area contributed by atoms with E-state index in [2.05, 4.69) is 10.1 Å². The summed E-state index contributed by atoms with van der Waals surface area (Å²) in [7, 11) is 0. The second kappa shape index (κ2) is 8.37. The van der Waals surface area contributed by atoms with Gasteiger partial charge in [-0.25, -0.2) is 4.98 Å². The van der Waals surface area contributed by atoms with Crippen molar-refractivity contribution in [3.63, 3.8) is 0 Å². The molecule has 8 heteroatoms. The quantitative estimate of drug-likeness (QED) is 0.643. The molecular weight excluding hydrogens is 392 g/mol. The van der Waals surface area contributed by atoms with E-state index in [1.807, 2.05) is 11.8 Å². The molecule has 7 nitrogen and oxygen atoms in total. The Morgan fingerprint density at radius 3 is 2.52 bits per heavy atom. The molecule has 29 heavy (non-hydrogen) atoms. The van der Waals surface area contributed by atoms with Crippen LogP contribution in [0.15, 0.2) is 39.9 Å². The number of nitrogens with zero attached hydrogens (tertiary/aromatic N) is 4. The molecule has 152 valence electrons. The number of aromatic nitrogens is 3. The summed E-state index contributed by atoms with van der Waals surface area (Å²) >= 11 is 5.96. The first-order chi connectivity index (χ1) is 14.1. The highest BCUT2D eigenvalue weighted by atomic mass is 35.5. The highest BCUT2D eigenvalue weighted by Crippen LogP contribution is 2.26. The predicted octanol–water partition coefficient (Wildman–Crippen LogP) is 4.06. The third-order valence-corrected chi connectivity index (χ3v) is 5.72. The Morgan fingerprint density at radius 1 is 1.17 bits per heavy atom. The summed E-state index contributed by atoms with van der Waals surface area (Å²) in [5.41, 5.74) is 0.946. The van der Waals surface area contributed by atoms with Crippen molar-refractivity contribution in [2.45, 2.75) is 45.1 Å². The lowest BCUT2D eigenvalue weighted by Crippen LogP contribution is -2.40. The number of rotatable bonds is 4. The fourth-order valence-electron chi connectivity index (χ4n) is 3.88. The number of carbonyl (C=O) groups excluding carboxylic acids is 1. The Balaban J connectivity index is 1.76. The molecule has 0 bridgehead atoms. The zero-order chi connectivity index (χ0) is 20.4. The molecule has 1 aromatic carbocycles. The summed E-state index contributed by atoms with van der Waals surface area (Å²) in [6, 6.07) is 6.41. The number of likely N-dealkylation sites (tertiary alicyclic amines) is 1. The van der Waals surface area contributed by atoms with Gasteiger partial charge in [-0.05, 0) is 31.4 Å². The van der Waals surface area contributed by atoms with Gasteiger partial charge in [-0.2, -0.15) is 0 Å². The van der Waals surface area contributed by atoms with E-state index in [9.17, 15) is 9.59 Å². The summed E-state index contributed by atoms with van der Waals surface area (Å²) in [5.74, 6) is -0.0258. The van der Waals surface area contributed by atoms with Gasteiger partial charge >= 0.3 is 0 Å². The van der Waals surface area contributed by atoms with Gasteiger partial charge in [-0.3, -0.25) is 14.2 Å². The molecule has 4 rings (SSSR count). The lowest BCUT2D eigenvalue weighted by molar-refractivity contribution is -0.135. The van der Waals surface area contributed by atoms with Gasteiger partial charge in [0.25, 0.3) is 11.3 Å². The van der Waals surface area contributed by atoms with E-state index in [4.69, 9.17) is 16.1 Å². The standard InChI is InChI=1S/C21H23ClN4O3/c1-2-16(20(27)25-11-5-3-4-6-12-25)26-13-23-19-17(21(26)28)18(24-29-19)14-7-9-15(22)10-8-14/h7-10,13,16H,2-6,11-12H2,1H3/t16-/m0/s1. The van der Waals surface area contributed by atoms with Crippen LogP contribution in [0.3, 0.4) is 0 Å². The molecule has 3 heterocycles. The minimum Gasteiger partial charge on any atom is -0.341 e. The first kappa shape index (κ1) is 19.6. The monoisotopic (exact) mass is 414 g/mol. The van der Waals surface area contributed by atoms with E-state index in [1.54, 1.807) is 24.3 Å². The van der Waals surface area contributed by atoms with Crippen LogP contribution in [0.5, 0.6) is 0 Å². The summed E-state index contributed by atoms with van der Waals surface area (Å²) in [6.45, 7) is 3.39. The van der Waals surface area contributed by atoms with Crippen LogP contribution in [0.2, 0.25) is 5.02 Å². The molecule has 0 aliphatic carbocycles. The number of fused-ring (bicyclic) bond motifs is 1. The Labute approximate surface area is 173 Å². The molecule has 0 radical (unpaired) electrons. The van der Waals surface area contributed by atoms with Gasteiger partial charge in [0.1, 0.15) is 23.4 Å². The largest absolute Gasteiger partial charge is 0.341 e. The van der Waals surface area contributed by atoms with Crippen LogP contribution < -0.4 is 5.56 Å². The van der Waals surface area contributed by atoms with Crippen molar-refractivity contribution in [3.8, 4) is 11.3 Å². The number of hydrogen-bond acceptors (Lipinski definition) is 5. The van der Waals surface area contributed by atoms with Crippen LogP contribution in [0, 0.1) is 0 Å². The normalized spacial score (nSPS) is 16.0. The number of halogens is 1. The number of amides is 1. The minimum atomic E-state index is -0.592. The number of hydrogen-bond donors (Lipinski definition) is 0. The third-order valence-electron chi connectivity index (χ3n) is 5.46. The molecule has 2 aromatic heterocycles. The van der Waals surface area contributed by atoms with E-state index in [1.165, 1.54) is 10.9 Å². The van der Waals surface area contributed by atoms with Gasteiger partial charge in [0, 0.05) is 23.7 Å². The summed E-state index contributed by atoms with van der Waals surface area (Å²) in [5, 5.41) is 4.90. The third kappa shape index (κ3) is 3.79. The lowest BCUT2D eigenvalue weighted by atomic mass is 10.1. The topological polar surface area (TPSA) is 81.2 Å². The number of carbonyl (C=O) groups is 1. The van der Waals surface area contributed by atoms with Crippen LogP contribution in [0.1, 0.15) is 45.1 Å². The molecule has 1 aliphatic rings. The highest BCUT2D eigenvalue weighted by Gasteiger charge is 2.28. The van der Waals surface area contributed by atoms with Crippen molar-refractivity contribution >= 4 is 28.6 Å². The molecule has 0 spiro atoms. The predicted molar refractivity (Wildman–Crippen MR) is 111 cm³/mol. The Hall–Kier alpha value is -2.67. The van der Waals surface area contributed by atoms with Gasteiger partial charge < -0.3 is 9.42 Å². The Morgan fingerprint density at radius 2 is 1.86 bits per heavy atom. The molecule has 1 saturated heterocycles. The molecule has 0 saturated carbocycles. The Bertz CT molecular complexity index is 1070. The fraction of sp³-hybridized carbons (Fsp3) is 0.429. The van der Waals surface area contributed by atoms with Crippen LogP contribution in [-0.2, 0) is 4.79 Å². The maximum absolute atomic E-state index is 13.3. The first-order valence-electron chi connectivity index (χ1n) is 10.0. The zero-order valence-electron chi connectivity index (χ0n) is 16.3.